The lowest BCUT2D eigenvalue weighted by molar-refractivity contribution is 0.300. The first-order valence-electron chi connectivity index (χ1n) is 6.10. The fraction of sp³-hybridized carbons (Fsp3) is 0.286. The molecule has 0 unspecified atom stereocenters. The summed E-state index contributed by atoms with van der Waals surface area (Å²) in [6.07, 6.45) is 2.00. The summed E-state index contributed by atoms with van der Waals surface area (Å²) in [5.74, 6) is 0.833. The summed E-state index contributed by atoms with van der Waals surface area (Å²) in [4.78, 5) is 1.44. The van der Waals surface area contributed by atoms with Crippen molar-refractivity contribution >= 4 is 23.5 Å². The number of nitrogens with zero attached hydrogens (tertiary/aromatic N) is 2. The summed E-state index contributed by atoms with van der Waals surface area (Å²) >= 11 is 2.55. The van der Waals surface area contributed by atoms with E-state index in [4.69, 9.17) is 15.3 Å². The van der Waals surface area contributed by atoms with Crippen molar-refractivity contribution in [3.63, 3.8) is 0 Å². The Balaban J connectivity index is 2.33. The third-order valence-electron chi connectivity index (χ3n) is 2.63. The predicted molar refractivity (Wildman–Crippen MR) is 78.5 cm³/mol. The van der Waals surface area contributed by atoms with Crippen LogP contribution >= 0.6 is 23.5 Å². The molecule has 102 valence electrons. The first-order valence-corrected chi connectivity index (χ1v) is 7.73. The maximum atomic E-state index is 9.89. The molecule has 0 spiro atoms. The number of ether oxygens (including phenoxy) is 1. The highest BCUT2D eigenvalue weighted by molar-refractivity contribution is 8.24. The standard InChI is InChI=1S/C14H12N2O2S2/c1-2-3-6-18-11-5-4-10(17)12-13(11)20-14(19-12)9(7-15)8-16/h4-5,17H,2-3,6H2,1H3. The van der Waals surface area contributed by atoms with Gasteiger partial charge in [-0.15, -0.1) is 0 Å². The molecule has 1 aromatic rings. The van der Waals surface area contributed by atoms with E-state index in [0.29, 0.717) is 21.5 Å². The highest BCUT2D eigenvalue weighted by atomic mass is 32.2. The molecule has 0 fully saturated rings. The fourth-order valence-corrected chi connectivity index (χ4v) is 4.06. The lowest BCUT2D eigenvalue weighted by Gasteiger charge is -2.09. The van der Waals surface area contributed by atoms with Crippen molar-refractivity contribution in [3.8, 4) is 23.6 Å². The maximum absolute atomic E-state index is 9.89. The van der Waals surface area contributed by atoms with Crippen LogP contribution in [-0.4, -0.2) is 11.7 Å². The topological polar surface area (TPSA) is 77.0 Å². The third kappa shape index (κ3) is 2.87. The fourth-order valence-electron chi connectivity index (χ4n) is 1.59. The van der Waals surface area contributed by atoms with Crippen molar-refractivity contribution in [3.05, 3.63) is 21.9 Å². The molecule has 0 amide bonds. The van der Waals surface area contributed by atoms with Gasteiger partial charge in [0.05, 0.1) is 20.6 Å². The molecule has 20 heavy (non-hydrogen) atoms. The van der Waals surface area contributed by atoms with Crippen molar-refractivity contribution in [2.45, 2.75) is 29.6 Å². The first-order chi connectivity index (χ1) is 9.71. The minimum Gasteiger partial charge on any atom is -0.507 e. The zero-order chi connectivity index (χ0) is 14.5. The van der Waals surface area contributed by atoms with Gasteiger partial charge in [0.1, 0.15) is 29.2 Å². The quantitative estimate of drug-likeness (QED) is 0.668. The molecule has 0 saturated heterocycles. The summed E-state index contributed by atoms with van der Waals surface area (Å²) in [5.41, 5.74) is 0.0649. The van der Waals surface area contributed by atoms with Gasteiger partial charge < -0.3 is 9.84 Å². The van der Waals surface area contributed by atoms with Gasteiger partial charge in [-0.1, -0.05) is 36.9 Å². The third-order valence-corrected chi connectivity index (χ3v) is 5.26. The van der Waals surface area contributed by atoms with Gasteiger partial charge in [-0.25, -0.2) is 0 Å². The highest BCUT2D eigenvalue weighted by Crippen LogP contribution is 2.58. The molecule has 0 atom stereocenters. The monoisotopic (exact) mass is 304 g/mol. The molecule has 1 aromatic carbocycles. The molecule has 0 radical (unpaired) electrons. The molecule has 6 heteroatoms. The summed E-state index contributed by atoms with van der Waals surface area (Å²) in [6.45, 7) is 2.70. The SMILES string of the molecule is CCCCOc1ccc(O)c2c1SC(=C(C#N)C#N)S2. The largest absolute Gasteiger partial charge is 0.507 e. The zero-order valence-electron chi connectivity index (χ0n) is 10.8. The number of phenolic OH excluding ortho intramolecular Hbond substituents is 1. The predicted octanol–water partition coefficient (Wildman–Crippen LogP) is 4.03. The van der Waals surface area contributed by atoms with E-state index >= 15 is 0 Å². The van der Waals surface area contributed by atoms with Gasteiger partial charge in [0.15, 0.2) is 0 Å². The molecule has 0 bridgehead atoms. The Morgan fingerprint density at radius 3 is 2.60 bits per heavy atom. The number of nitriles is 2. The number of phenols is 1. The molecular weight excluding hydrogens is 292 g/mol. The van der Waals surface area contributed by atoms with Crippen molar-refractivity contribution in [1.82, 2.24) is 0 Å². The smallest absolute Gasteiger partial charge is 0.150 e. The number of allylic oxidation sites excluding steroid dienone is 1. The van der Waals surface area contributed by atoms with Crippen LogP contribution in [-0.2, 0) is 0 Å². The number of fused-ring (bicyclic) bond motifs is 1. The van der Waals surface area contributed by atoms with E-state index in [1.54, 1.807) is 12.1 Å². The van der Waals surface area contributed by atoms with Crippen molar-refractivity contribution < 1.29 is 9.84 Å². The van der Waals surface area contributed by atoms with E-state index < -0.39 is 0 Å². The normalized spacial score (nSPS) is 12.4. The zero-order valence-corrected chi connectivity index (χ0v) is 12.5. The van der Waals surface area contributed by atoms with Crippen molar-refractivity contribution in [1.29, 1.82) is 10.5 Å². The molecular formula is C14H12N2O2S2. The lowest BCUT2D eigenvalue weighted by Crippen LogP contribution is -1.97. The molecule has 4 nitrogen and oxygen atoms in total. The Morgan fingerprint density at radius 2 is 1.95 bits per heavy atom. The minimum atomic E-state index is 0.0649. The number of rotatable bonds is 4. The average Bonchev–Trinajstić information content (AvgIpc) is 2.89. The molecule has 0 saturated carbocycles. The molecule has 1 aliphatic rings. The van der Waals surface area contributed by atoms with Crippen LogP contribution in [0.25, 0.3) is 0 Å². The van der Waals surface area contributed by atoms with Gasteiger partial charge in [-0.2, -0.15) is 10.5 Å². The number of aromatic hydroxyl groups is 1. The van der Waals surface area contributed by atoms with Gasteiger partial charge in [-0.05, 0) is 18.6 Å². The number of hydrogen-bond donors (Lipinski definition) is 1. The van der Waals surface area contributed by atoms with E-state index in [9.17, 15) is 5.11 Å². The minimum absolute atomic E-state index is 0.0649. The van der Waals surface area contributed by atoms with Crippen LogP contribution in [0.5, 0.6) is 11.5 Å². The number of unbranched alkanes of at least 4 members (excludes halogenated alkanes) is 1. The highest BCUT2D eigenvalue weighted by Gasteiger charge is 2.27. The molecule has 0 aromatic heterocycles. The van der Waals surface area contributed by atoms with Gasteiger partial charge in [-0.3, -0.25) is 0 Å². The van der Waals surface area contributed by atoms with Crippen LogP contribution < -0.4 is 4.74 Å². The van der Waals surface area contributed by atoms with Gasteiger partial charge >= 0.3 is 0 Å². The van der Waals surface area contributed by atoms with E-state index in [-0.39, 0.29) is 11.3 Å². The van der Waals surface area contributed by atoms with Gasteiger partial charge in [0.2, 0.25) is 0 Å². The summed E-state index contributed by atoms with van der Waals surface area (Å²) in [7, 11) is 0. The second kappa shape index (κ2) is 6.60. The average molecular weight is 304 g/mol. The van der Waals surface area contributed by atoms with E-state index in [1.165, 1.54) is 23.5 Å². The van der Waals surface area contributed by atoms with Crippen molar-refractivity contribution in [2.24, 2.45) is 0 Å². The van der Waals surface area contributed by atoms with Crippen molar-refractivity contribution in [2.75, 3.05) is 6.61 Å². The van der Waals surface area contributed by atoms with Gasteiger partial charge in [0, 0.05) is 0 Å². The Bertz CT molecular complexity index is 626. The first kappa shape index (κ1) is 14.6. The maximum Gasteiger partial charge on any atom is 0.150 e. The molecule has 1 aliphatic heterocycles. The lowest BCUT2D eigenvalue weighted by atomic mass is 10.3. The molecule has 2 rings (SSSR count). The van der Waals surface area contributed by atoms with E-state index in [0.717, 1.165) is 17.7 Å². The van der Waals surface area contributed by atoms with Gasteiger partial charge in [0.25, 0.3) is 0 Å². The summed E-state index contributed by atoms with van der Waals surface area (Å²) in [5, 5.41) is 27.7. The van der Waals surface area contributed by atoms with Crippen LogP contribution in [0, 0.1) is 22.7 Å². The number of thioether (sulfide) groups is 2. The molecule has 1 heterocycles. The summed E-state index contributed by atoms with van der Waals surface area (Å²) < 4.78 is 6.30. The Morgan fingerprint density at radius 1 is 1.25 bits per heavy atom. The van der Waals surface area contributed by atoms with Crippen LogP contribution in [0.2, 0.25) is 0 Å². The molecule has 0 aliphatic carbocycles. The Kier molecular flexibility index (Phi) is 4.84. The van der Waals surface area contributed by atoms with Crippen LogP contribution in [0.3, 0.4) is 0 Å². The summed E-state index contributed by atoms with van der Waals surface area (Å²) in [6, 6.07) is 7.05. The van der Waals surface area contributed by atoms with E-state index in [1.807, 2.05) is 12.1 Å². The molecule has 1 N–H and O–H groups in total. The van der Waals surface area contributed by atoms with E-state index in [2.05, 4.69) is 6.92 Å². The second-order valence-electron chi connectivity index (χ2n) is 4.03. The second-order valence-corrected chi connectivity index (χ2v) is 6.33. The van der Waals surface area contributed by atoms with Crippen LogP contribution in [0.1, 0.15) is 19.8 Å². The Labute approximate surface area is 126 Å². The Hall–Kier alpha value is -1.76. The van der Waals surface area contributed by atoms with Crippen LogP contribution in [0.4, 0.5) is 0 Å². The number of hydrogen-bond acceptors (Lipinski definition) is 6. The number of benzene rings is 1. The van der Waals surface area contributed by atoms with Crippen LogP contribution in [0.15, 0.2) is 31.7 Å².